The standard InChI is InChI=1S/C16H21NO6/c1-10(2)12-5-7-13(8-6-12)22-9-14(18)23-11(3)15(19)17-16(20)21-4/h5-8,10-11H,9H2,1-4H3,(H,17,19,20)/t11-/m0/s1. The van der Waals surface area contributed by atoms with Crippen LogP contribution < -0.4 is 10.1 Å². The quantitative estimate of drug-likeness (QED) is 0.805. The zero-order valence-corrected chi connectivity index (χ0v) is 13.6. The zero-order chi connectivity index (χ0) is 17.4. The summed E-state index contributed by atoms with van der Waals surface area (Å²) in [5.41, 5.74) is 1.16. The fourth-order valence-corrected chi connectivity index (χ4v) is 1.63. The van der Waals surface area contributed by atoms with Gasteiger partial charge in [0.1, 0.15) is 5.75 Å². The summed E-state index contributed by atoms with van der Waals surface area (Å²) in [5, 5.41) is 1.91. The van der Waals surface area contributed by atoms with Gasteiger partial charge in [-0.15, -0.1) is 0 Å². The molecule has 0 radical (unpaired) electrons. The number of hydrogen-bond acceptors (Lipinski definition) is 6. The molecule has 7 heteroatoms. The summed E-state index contributed by atoms with van der Waals surface area (Å²) in [7, 11) is 1.12. The molecule has 23 heavy (non-hydrogen) atoms. The topological polar surface area (TPSA) is 90.9 Å². The molecule has 126 valence electrons. The molecule has 0 fully saturated rings. The van der Waals surface area contributed by atoms with Crippen molar-refractivity contribution >= 4 is 18.0 Å². The summed E-state index contributed by atoms with van der Waals surface area (Å²) in [6.45, 7) is 5.16. The molecular weight excluding hydrogens is 302 g/mol. The van der Waals surface area contributed by atoms with E-state index < -0.39 is 24.1 Å². The molecular formula is C16H21NO6. The zero-order valence-electron chi connectivity index (χ0n) is 13.6. The van der Waals surface area contributed by atoms with Crippen LogP contribution in [0.2, 0.25) is 0 Å². The van der Waals surface area contributed by atoms with Gasteiger partial charge in [-0.05, 0) is 30.5 Å². The Labute approximate surface area is 134 Å². The molecule has 7 nitrogen and oxygen atoms in total. The highest BCUT2D eigenvalue weighted by molar-refractivity contribution is 5.95. The number of amides is 2. The summed E-state index contributed by atoms with van der Waals surface area (Å²) in [4.78, 5) is 34.0. The molecule has 0 aromatic heterocycles. The Hall–Kier alpha value is -2.57. The first-order chi connectivity index (χ1) is 10.8. The maximum atomic E-state index is 11.6. The van der Waals surface area contributed by atoms with Gasteiger partial charge in [-0.1, -0.05) is 26.0 Å². The van der Waals surface area contributed by atoms with E-state index in [-0.39, 0.29) is 6.61 Å². The van der Waals surface area contributed by atoms with Gasteiger partial charge in [0.25, 0.3) is 5.91 Å². The molecule has 0 aliphatic carbocycles. The molecule has 1 rings (SSSR count). The number of methoxy groups -OCH3 is 1. The number of rotatable bonds is 6. The van der Waals surface area contributed by atoms with Crippen molar-refractivity contribution in [2.45, 2.75) is 32.8 Å². The first kappa shape index (κ1) is 18.5. The Kier molecular flexibility index (Phi) is 7.05. The van der Waals surface area contributed by atoms with Crippen LogP contribution in [0.5, 0.6) is 5.75 Å². The van der Waals surface area contributed by atoms with Gasteiger partial charge in [0.15, 0.2) is 12.7 Å². The number of esters is 1. The fraction of sp³-hybridized carbons (Fsp3) is 0.438. The van der Waals surface area contributed by atoms with Gasteiger partial charge >= 0.3 is 12.1 Å². The lowest BCUT2D eigenvalue weighted by Crippen LogP contribution is -2.40. The van der Waals surface area contributed by atoms with Crippen molar-refractivity contribution in [2.75, 3.05) is 13.7 Å². The summed E-state index contributed by atoms with van der Waals surface area (Å²) >= 11 is 0. The maximum Gasteiger partial charge on any atom is 0.413 e. The Bertz CT molecular complexity index is 552. The molecule has 1 N–H and O–H groups in total. The third-order valence-electron chi connectivity index (χ3n) is 2.99. The van der Waals surface area contributed by atoms with Crippen molar-refractivity contribution in [1.29, 1.82) is 0 Å². The average Bonchev–Trinajstić information content (AvgIpc) is 2.52. The van der Waals surface area contributed by atoms with Crippen molar-refractivity contribution in [3.05, 3.63) is 29.8 Å². The summed E-state index contributed by atoms with van der Waals surface area (Å²) < 4.78 is 14.4. The van der Waals surface area contributed by atoms with E-state index in [9.17, 15) is 14.4 Å². The number of carbonyl (C=O) groups is 3. The van der Waals surface area contributed by atoms with E-state index >= 15 is 0 Å². The van der Waals surface area contributed by atoms with Crippen LogP contribution >= 0.6 is 0 Å². The number of hydrogen-bond donors (Lipinski definition) is 1. The number of alkyl carbamates (subject to hydrolysis) is 1. The highest BCUT2D eigenvalue weighted by Gasteiger charge is 2.20. The van der Waals surface area contributed by atoms with Crippen LogP contribution in [-0.2, 0) is 19.1 Å². The fourth-order valence-electron chi connectivity index (χ4n) is 1.63. The van der Waals surface area contributed by atoms with Gasteiger partial charge in [-0.25, -0.2) is 9.59 Å². The first-order valence-electron chi connectivity index (χ1n) is 7.14. The predicted molar refractivity (Wildman–Crippen MR) is 82.1 cm³/mol. The van der Waals surface area contributed by atoms with E-state index in [0.29, 0.717) is 11.7 Å². The van der Waals surface area contributed by atoms with Crippen molar-refractivity contribution in [3.8, 4) is 5.75 Å². The van der Waals surface area contributed by atoms with E-state index in [1.165, 1.54) is 6.92 Å². The van der Waals surface area contributed by atoms with Gasteiger partial charge in [-0.3, -0.25) is 10.1 Å². The predicted octanol–water partition coefficient (Wildman–Crippen LogP) is 2.00. The number of ether oxygens (including phenoxy) is 3. The van der Waals surface area contributed by atoms with E-state index in [1.54, 1.807) is 12.1 Å². The minimum atomic E-state index is -1.13. The van der Waals surface area contributed by atoms with Gasteiger partial charge in [0.05, 0.1) is 7.11 Å². The number of benzene rings is 1. The van der Waals surface area contributed by atoms with Crippen LogP contribution in [-0.4, -0.2) is 37.8 Å². The number of carbonyl (C=O) groups excluding carboxylic acids is 3. The smallest absolute Gasteiger partial charge is 0.413 e. The Morgan fingerprint density at radius 3 is 2.22 bits per heavy atom. The van der Waals surface area contributed by atoms with Crippen LogP contribution in [0.15, 0.2) is 24.3 Å². The molecule has 0 spiro atoms. The third kappa shape index (κ3) is 6.37. The van der Waals surface area contributed by atoms with Crippen molar-refractivity contribution in [1.82, 2.24) is 5.32 Å². The largest absolute Gasteiger partial charge is 0.482 e. The second kappa shape index (κ2) is 8.77. The molecule has 0 unspecified atom stereocenters. The molecule has 2 amide bonds. The molecule has 1 aromatic carbocycles. The normalized spacial score (nSPS) is 11.5. The van der Waals surface area contributed by atoms with Gasteiger partial charge < -0.3 is 14.2 Å². The molecule has 0 saturated heterocycles. The maximum absolute atomic E-state index is 11.6. The van der Waals surface area contributed by atoms with E-state index in [4.69, 9.17) is 9.47 Å². The Morgan fingerprint density at radius 2 is 1.70 bits per heavy atom. The first-order valence-corrected chi connectivity index (χ1v) is 7.14. The van der Waals surface area contributed by atoms with Gasteiger partial charge in [-0.2, -0.15) is 0 Å². The minimum absolute atomic E-state index is 0.336. The number of nitrogens with one attached hydrogen (secondary N) is 1. The van der Waals surface area contributed by atoms with Gasteiger partial charge in [0.2, 0.25) is 0 Å². The summed E-state index contributed by atoms with van der Waals surface area (Å²) in [5.74, 6) is -0.557. The molecule has 0 bridgehead atoms. The van der Waals surface area contributed by atoms with Crippen molar-refractivity contribution in [2.24, 2.45) is 0 Å². The highest BCUT2D eigenvalue weighted by Crippen LogP contribution is 2.18. The van der Waals surface area contributed by atoms with Crippen LogP contribution in [0.1, 0.15) is 32.3 Å². The van der Waals surface area contributed by atoms with Crippen LogP contribution in [0.3, 0.4) is 0 Å². The average molecular weight is 323 g/mol. The number of imide groups is 1. The highest BCUT2D eigenvalue weighted by atomic mass is 16.6. The molecule has 0 aliphatic heterocycles. The lowest BCUT2D eigenvalue weighted by molar-refractivity contribution is -0.156. The Balaban J connectivity index is 2.41. The molecule has 0 aliphatic rings. The third-order valence-corrected chi connectivity index (χ3v) is 2.99. The van der Waals surface area contributed by atoms with Crippen molar-refractivity contribution < 1.29 is 28.6 Å². The van der Waals surface area contributed by atoms with Crippen LogP contribution in [0.25, 0.3) is 0 Å². The van der Waals surface area contributed by atoms with Crippen LogP contribution in [0.4, 0.5) is 4.79 Å². The second-order valence-corrected chi connectivity index (χ2v) is 5.13. The second-order valence-electron chi connectivity index (χ2n) is 5.13. The van der Waals surface area contributed by atoms with Gasteiger partial charge in [0, 0.05) is 0 Å². The Morgan fingerprint density at radius 1 is 1.09 bits per heavy atom. The molecule has 0 heterocycles. The van der Waals surface area contributed by atoms with E-state index in [0.717, 1.165) is 12.7 Å². The summed E-state index contributed by atoms with van der Waals surface area (Å²) in [6.07, 6.45) is -2.05. The van der Waals surface area contributed by atoms with E-state index in [1.807, 2.05) is 17.4 Å². The summed E-state index contributed by atoms with van der Waals surface area (Å²) in [6, 6.07) is 7.35. The van der Waals surface area contributed by atoms with Crippen LogP contribution in [0, 0.1) is 0 Å². The minimum Gasteiger partial charge on any atom is -0.482 e. The molecule has 1 aromatic rings. The lowest BCUT2D eigenvalue weighted by atomic mass is 10.0. The molecule has 0 saturated carbocycles. The lowest BCUT2D eigenvalue weighted by Gasteiger charge is -2.13. The molecule has 1 atom stereocenters. The van der Waals surface area contributed by atoms with E-state index in [2.05, 4.69) is 18.6 Å². The SMILES string of the molecule is COC(=O)NC(=O)[C@H](C)OC(=O)COc1ccc(C(C)C)cc1. The monoisotopic (exact) mass is 323 g/mol. The van der Waals surface area contributed by atoms with Crippen molar-refractivity contribution in [3.63, 3.8) is 0 Å².